The third kappa shape index (κ3) is 4.09. The molecule has 5 heteroatoms. The van der Waals surface area contributed by atoms with Crippen molar-refractivity contribution in [3.05, 3.63) is 53.9 Å². The van der Waals surface area contributed by atoms with Gasteiger partial charge in [-0.05, 0) is 44.0 Å². The quantitative estimate of drug-likeness (QED) is 0.932. The minimum absolute atomic E-state index is 0. The van der Waals surface area contributed by atoms with Gasteiger partial charge in [0.15, 0.2) is 0 Å². The Morgan fingerprint density at radius 3 is 2.65 bits per heavy atom. The van der Waals surface area contributed by atoms with Gasteiger partial charge in [0.1, 0.15) is 0 Å². The first-order chi connectivity index (χ1) is 10.6. The van der Waals surface area contributed by atoms with Gasteiger partial charge in [0.05, 0.1) is 11.3 Å². The van der Waals surface area contributed by atoms with E-state index in [0.717, 1.165) is 37.1 Å². The number of benzene rings is 1. The predicted molar refractivity (Wildman–Crippen MR) is 93.2 cm³/mol. The summed E-state index contributed by atoms with van der Waals surface area (Å²) < 4.78 is 0. The SMILES string of the molecule is CN1CCC(Cc2ncc(-c3ccccc3)cc2C(=O)O)C1.Cl. The van der Waals surface area contributed by atoms with Crippen LogP contribution in [0.1, 0.15) is 22.5 Å². The fourth-order valence-corrected chi connectivity index (χ4v) is 3.10. The molecular formula is C18H21ClN2O2. The van der Waals surface area contributed by atoms with E-state index < -0.39 is 5.97 Å². The molecule has 1 unspecified atom stereocenters. The molecule has 4 nitrogen and oxygen atoms in total. The summed E-state index contributed by atoms with van der Waals surface area (Å²) in [6, 6.07) is 11.5. The van der Waals surface area contributed by atoms with Crippen LogP contribution in [0.4, 0.5) is 0 Å². The van der Waals surface area contributed by atoms with Gasteiger partial charge in [-0.15, -0.1) is 12.4 Å². The fourth-order valence-electron chi connectivity index (χ4n) is 3.10. The van der Waals surface area contributed by atoms with Crippen LogP contribution in [0.3, 0.4) is 0 Å². The van der Waals surface area contributed by atoms with Crippen LogP contribution in [-0.4, -0.2) is 41.1 Å². The van der Waals surface area contributed by atoms with Crippen molar-refractivity contribution in [1.82, 2.24) is 9.88 Å². The largest absolute Gasteiger partial charge is 0.478 e. The number of halogens is 1. The number of aromatic nitrogens is 1. The Balaban J connectivity index is 0.00000192. The highest BCUT2D eigenvalue weighted by atomic mass is 35.5. The van der Waals surface area contributed by atoms with E-state index in [1.54, 1.807) is 12.3 Å². The second-order valence-electron chi connectivity index (χ2n) is 6.01. The lowest BCUT2D eigenvalue weighted by atomic mass is 9.97. The summed E-state index contributed by atoms with van der Waals surface area (Å²) in [7, 11) is 2.10. The number of hydrogen-bond acceptors (Lipinski definition) is 3. The Morgan fingerprint density at radius 1 is 1.30 bits per heavy atom. The molecule has 1 aliphatic rings. The molecule has 1 N–H and O–H groups in total. The van der Waals surface area contributed by atoms with Crippen molar-refractivity contribution in [2.45, 2.75) is 12.8 Å². The van der Waals surface area contributed by atoms with E-state index in [-0.39, 0.29) is 12.4 Å². The number of rotatable bonds is 4. The molecule has 2 heterocycles. The smallest absolute Gasteiger partial charge is 0.337 e. The van der Waals surface area contributed by atoms with Gasteiger partial charge in [0.25, 0.3) is 0 Å². The van der Waals surface area contributed by atoms with Gasteiger partial charge >= 0.3 is 5.97 Å². The minimum Gasteiger partial charge on any atom is -0.478 e. The molecule has 2 aromatic rings. The van der Waals surface area contributed by atoms with Crippen molar-refractivity contribution in [2.75, 3.05) is 20.1 Å². The molecule has 0 amide bonds. The average molecular weight is 333 g/mol. The molecule has 1 atom stereocenters. The van der Waals surface area contributed by atoms with Gasteiger partial charge in [-0.3, -0.25) is 4.98 Å². The van der Waals surface area contributed by atoms with E-state index in [1.807, 2.05) is 30.3 Å². The van der Waals surface area contributed by atoms with Crippen molar-refractivity contribution in [2.24, 2.45) is 5.92 Å². The summed E-state index contributed by atoms with van der Waals surface area (Å²) in [4.78, 5) is 18.3. The molecule has 3 rings (SSSR count). The monoisotopic (exact) mass is 332 g/mol. The molecule has 0 saturated carbocycles. The van der Waals surface area contributed by atoms with E-state index >= 15 is 0 Å². The van der Waals surface area contributed by atoms with Crippen LogP contribution >= 0.6 is 12.4 Å². The molecular weight excluding hydrogens is 312 g/mol. The second kappa shape index (κ2) is 7.57. The number of carboxylic acid groups (broad SMARTS) is 1. The van der Waals surface area contributed by atoms with Crippen LogP contribution in [-0.2, 0) is 6.42 Å². The third-order valence-corrected chi connectivity index (χ3v) is 4.28. The number of pyridine rings is 1. The molecule has 1 fully saturated rings. The fraction of sp³-hybridized carbons (Fsp3) is 0.333. The Hall–Kier alpha value is -1.91. The zero-order valence-corrected chi connectivity index (χ0v) is 13.9. The normalized spacial score (nSPS) is 17.7. The van der Waals surface area contributed by atoms with E-state index in [1.165, 1.54) is 0 Å². The standard InChI is InChI=1S/C18H20N2O2.ClH/c1-20-8-7-13(12-20)9-17-16(18(21)22)10-15(11-19-17)14-5-3-2-4-6-14;/h2-6,10-11,13H,7-9,12H2,1H3,(H,21,22);1H. The Kier molecular flexibility index (Phi) is 5.74. The lowest BCUT2D eigenvalue weighted by molar-refractivity contribution is 0.0695. The first-order valence-corrected chi connectivity index (χ1v) is 7.59. The predicted octanol–water partition coefficient (Wildman–Crippen LogP) is 3.36. The van der Waals surface area contributed by atoms with Gasteiger partial charge in [-0.1, -0.05) is 30.3 Å². The van der Waals surface area contributed by atoms with Crippen LogP contribution in [0.25, 0.3) is 11.1 Å². The van der Waals surface area contributed by atoms with Gasteiger partial charge in [0, 0.05) is 18.3 Å². The highest BCUT2D eigenvalue weighted by molar-refractivity contribution is 5.90. The molecule has 122 valence electrons. The lowest BCUT2D eigenvalue weighted by Gasteiger charge is -2.13. The zero-order valence-electron chi connectivity index (χ0n) is 13.1. The van der Waals surface area contributed by atoms with Crippen molar-refractivity contribution in [3.8, 4) is 11.1 Å². The highest BCUT2D eigenvalue weighted by Crippen LogP contribution is 2.24. The Morgan fingerprint density at radius 2 is 2.04 bits per heavy atom. The molecule has 0 aliphatic carbocycles. The summed E-state index contributed by atoms with van der Waals surface area (Å²) in [5.41, 5.74) is 2.87. The first-order valence-electron chi connectivity index (χ1n) is 7.59. The van der Waals surface area contributed by atoms with Gasteiger partial charge < -0.3 is 10.0 Å². The molecule has 1 aromatic carbocycles. The van der Waals surface area contributed by atoms with Crippen LogP contribution in [0.15, 0.2) is 42.6 Å². The van der Waals surface area contributed by atoms with Crippen LogP contribution in [0.5, 0.6) is 0 Å². The summed E-state index contributed by atoms with van der Waals surface area (Å²) in [6.45, 7) is 2.09. The molecule has 1 saturated heterocycles. The molecule has 0 radical (unpaired) electrons. The molecule has 23 heavy (non-hydrogen) atoms. The van der Waals surface area contributed by atoms with E-state index in [4.69, 9.17) is 0 Å². The van der Waals surface area contributed by atoms with Crippen LogP contribution < -0.4 is 0 Å². The van der Waals surface area contributed by atoms with Crippen molar-refractivity contribution < 1.29 is 9.90 Å². The maximum atomic E-state index is 11.6. The molecule has 0 spiro atoms. The van der Waals surface area contributed by atoms with Crippen molar-refractivity contribution >= 4 is 18.4 Å². The third-order valence-electron chi connectivity index (χ3n) is 4.28. The Bertz CT molecular complexity index is 676. The number of hydrogen-bond donors (Lipinski definition) is 1. The first kappa shape index (κ1) is 17.4. The number of likely N-dealkylation sites (tertiary alicyclic amines) is 1. The summed E-state index contributed by atoms with van der Waals surface area (Å²) in [5, 5.41) is 9.51. The van der Waals surface area contributed by atoms with E-state index in [0.29, 0.717) is 17.2 Å². The van der Waals surface area contributed by atoms with E-state index in [2.05, 4.69) is 16.9 Å². The Labute approximate surface area is 142 Å². The summed E-state index contributed by atoms with van der Waals surface area (Å²) in [6.07, 6.45) is 3.63. The average Bonchev–Trinajstić information content (AvgIpc) is 2.93. The van der Waals surface area contributed by atoms with Gasteiger partial charge in [0.2, 0.25) is 0 Å². The van der Waals surface area contributed by atoms with Crippen LogP contribution in [0.2, 0.25) is 0 Å². The van der Waals surface area contributed by atoms with E-state index in [9.17, 15) is 9.90 Å². The highest BCUT2D eigenvalue weighted by Gasteiger charge is 2.23. The van der Waals surface area contributed by atoms with Crippen LogP contribution in [0, 0.1) is 5.92 Å². The lowest BCUT2D eigenvalue weighted by Crippen LogP contribution is -2.16. The number of aromatic carboxylic acids is 1. The number of nitrogens with zero attached hydrogens (tertiary/aromatic N) is 2. The summed E-state index contributed by atoms with van der Waals surface area (Å²) >= 11 is 0. The second-order valence-corrected chi connectivity index (χ2v) is 6.01. The molecule has 1 aliphatic heterocycles. The summed E-state index contributed by atoms with van der Waals surface area (Å²) in [5.74, 6) is -0.398. The maximum absolute atomic E-state index is 11.6. The molecule has 0 bridgehead atoms. The van der Waals surface area contributed by atoms with Gasteiger partial charge in [-0.2, -0.15) is 0 Å². The van der Waals surface area contributed by atoms with Crippen molar-refractivity contribution in [3.63, 3.8) is 0 Å². The zero-order chi connectivity index (χ0) is 15.5. The number of carboxylic acids is 1. The molecule has 1 aromatic heterocycles. The van der Waals surface area contributed by atoms with Gasteiger partial charge in [-0.25, -0.2) is 4.79 Å². The number of carbonyl (C=O) groups is 1. The minimum atomic E-state index is -0.897. The maximum Gasteiger partial charge on any atom is 0.337 e. The topological polar surface area (TPSA) is 53.4 Å². The van der Waals surface area contributed by atoms with Crippen molar-refractivity contribution in [1.29, 1.82) is 0 Å².